The van der Waals surface area contributed by atoms with Gasteiger partial charge in [0, 0.05) is 12.6 Å². The number of aryl methyl sites for hydroxylation is 4. The molecule has 3 aromatic carbocycles. The number of sulfonamides is 1. The van der Waals surface area contributed by atoms with E-state index in [0.717, 1.165) is 38.5 Å². The fourth-order valence-electron chi connectivity index (χ4n) is 4.58. The number of nitrogens with one attached hydrogen (secondary N) is 1. The number of benzene rings is 3. The summed E-state index contributed by atoms with van der Waals surface area (Å²) in [6, 6.07) is 18.8. The van der Waals surface area contributed by atoms with Gasteiger partial charge in [0.15, 0.2) is 0 Å². The Morgan fingerprint density at radius 2 is 1.49 bits per heavy atom. The molecule has 1 N–H and O–H groups in total. The molecule has 8 heteroatoms. The fourth-order valence-corrected chi connectivity index (χ4v) is 5.98. The Labute approximate surface area is 245 Å². The quantitative estimate of drug-likeness (QED) is 0.293. The first-order valence-corrected chi connectivity index (χ1v) is 15.6. The summed E-state index contributed by atoms with van der Waals surface area (Å²) >= 11 is 0. The lowest BCUT2D eigenvalue weighted by Gasteiger charge is -2.34. The minimum Gasteiger partial charge on any atom is -0.352 e. The summed E-state index contributed by atoms with van der Waals surface area (Å²) in [5.41, 5.74) is 5.14. The molecule has 0 saturated carbocycles. The maximum absolute atomic E-state index is 14.2. The van der Waals surface area contributed by atoms with Crippen molar-refractivity contribution >= 4 is 27.5 Å². The molecule has 3 aromatic rings. The van der Waals surface area contributed by atoms with Gasteiger partial charge in [0.1, 0.15) is 12.6 Å². The second-order valence-electron chi connectivity index (χ2n) is 10.8. The molecule has 7 nitrogen and oxygen atoms in total. The zero-order chi connectivity index (χ0) is 30.3. The highest BCUT2D eigenvalue weighted by Gasteiger charge is 2.34. The molecule has 0 radical (unpaired) electrons. The van der Waals surface area contributed by atoms with Gasteiger partial charge in [-0.05, 0) is 94.0 Å². The van der Waals surface area contributed by atoms with Crippen molar-refractivity contribution in [3.63, 3.8) is 0 Å². The Hall–Kier alpha value is -3.65. The van der Waals surface area contributed by atoms with Gasteiger partial charge >= 0.3 is 0 Å². The molecule has 0 spiro atoms. The topological polar surface area (TPSA) is 86.8 Å². The molecule has 0 fully saturated rings. The first kappa shape index (κ1) is 31.9. The molecule has 41 heavy (non-hydrogen) atoms. The largest absolute Gasteiger partial charge is 0.352 e. The van der Waals surface area contributed by atoms with E-state index in [2.05, 4.69) is 5.32 Å². The van der Waals surface area contributed by atoms with Gasteiger partial charge in [-0.15, -0.1) is 0 Å². The lowest BCUT2D eigenvalue weighted by molar-refractivity contribution is -0.140. The summed E-state index contributed by atoms with van der Waals surface area (Å²) in [6.45, 7) is 13.2. The zero-order valence-electron chi connectivity index (χ0n) is 25.3. The molecule has 0 aromatic heterocycles. The lowest BCUT2D eigenvalue weighted by atomic mass is 10.1. The van der Waals surface area contributed by atoms with Crippen LogP contribution >= 0.6 is 0 Å². The van der Waals surface area contributed by atoms with Crippen molar-refractivity contribution in [1.29, 1.82) is 0 Å². The third-order valence-corrected chi connectivity index (χ3v) is 9.44. The molecular weight excluding hydrogens is 534 g/mol. The number of anilines is 1. The van der Waals surface area contributed by atoms with Crippen molar-refractivity contribution in [2.45, 2.75) is 84.8 Å². The van der Waals surface area contributed by atoms with Crippen molar-refractivity contribution in [2.75, 3.05) is 10.8 Å². The van der Waals surface area contributed by atoms with Gasteiger partial charge in [-0.3, -0.25) is 13.9 Å². The normalized spacial score (nSPS) is 12.9. The van der Waals surface area contributed by atoms with Crippen LogP contribution in [0.15, 0.2) is 71.6 Å². The maximum Gasteiger partial charge on any atom is 0.264 e. The highest BCUT2D eigenvalue weighted by molar-refractivity contribution is 7.92. The van der Waals surface area contributed by atoms with Crippen molar-refractivity contribution in [3.8, 4) is 0 Å². The van der Waals surface area contributed by atoms with Gasteiger partial charge in [0.25, 0.3) is 10.0 Å². The predicted octanol–water partition coefficient (Wildman–Crippen LogP) is 5.84. The van der Waals surface area contributed by atoms with E-state index in [0.29, 0.717) is 12.1 Å². The monoisotopic (exact) mass is 577 g/mol. The first-order chi connectivity index (χ1) is 19.4. The van der Waals surface area contributed by atoms with Crippen LogP contribution in [-0.2, 0) is 26.2 Å². The summed E-state index contributed by atoms with van der Waals surface area (Å²) in [6.07, 6.45) is 1.14. The first-order valence-electron chi connectivity index (χ1n) is 14.2. The number of rotatable bonds is 12. The summed E-state index contributed by atoms with van der Waals surface area (Å²) in [5, 5.41) is 3.01. The van der Waals surface area contributed by atoms with E-state index in [4.69, 9.17) is 0 Å². The molecule has 2 atom stereocenters. The minimum atomic E-state index is -4.10. The van der Waals surface area contributed by atoms with Crippen LogP contribution in [-0.4, -0.2) is 43.8 Å². The van der Waals surface area contributed by atoms with Gasteiger partial charge in [-0.2, -0.15) is 0 Å². The Balaban J connectivity index is 2.10. The fraction of sp³-hybridized carbons (Fsp3) is 0.394. The third kappa shape index (κ3) is 7.76. The van der Waals surface area contributed by atoms with E-state index < -0.39 is 28.5 Å². The molecule has 3 rings (SSSR count). The van der Waals surface area contributed by atoms with E-state index in [1.165, 1.54) is 4.90 Å². The number of carbonyl (C=O) groups excluding carboxylic acids is 2. The average Bonchev–Trinajstić information content (AvgIpc) is 2.94. The highest BCUT2D eigenvalue weighted by atomic mass is 32.2. The summed E-state index contributed by atoms with van der Waals surface area (Å²) in [7, 11) is -4.10. The van der Waals surface area contributed by atoms with Crippen LogP contribution in [0.1, 0.15) is 61.4 Å². The van der Waals surface area contributed by atoms with Crippen LogP contribution in [0.4, 0.5) is 5.69 Å². The molecule has 0 unspecified atom stereocenters. The average molecular weight is 578 g/mol. The van der Waals surface area contributed by atoms with Crippen molar-refractivity contribution in [2.24, 2.45) is 0 Å². The van der Waals surface area contributed by atoms with Gasteiger partial charge in [0.2, 0.25) is 11.8 Å². The van der Waals surface area contributed by atoms with Crippen molar-refractivity contribution in [3.05, 3.63) is 94.5 Å². The van der Waals surface area contributed by atoms with Crippen LogP contribution in [0.2, 0.25) is 0 Å². The van der Waals surface area contributed by atoms with E-state index in [1.54, 1.807) is 36.4 Å². The molecule has 220 valence electrons. The Kier molecular flexibility index (Phi) is 10.7. The summed E-state index contributed by atoms with van der Waals surface area (Å²) < 4.78 is 29.3. The van der Waals surface area contributed by atoms with Gasteiger partial charge in [-0.25, -0.2) is 8.42 Å². The Morgan fingerprint density at radius 1 is 0.829 bits per heavy atom. The van der Waals surface area contributed by atoms with Crippen LogP contribution in [0.25, 0.3) is 0 Å². The molecule has 0 heterocycles. The van der Waals surface area contributed by atoms with E-state index >= 15 is 0 Å². The Morgan fingerprint density at radius 3 is 2.07 bits per heavy atom. The maximum atomic E-state index is 14.2. The standard InChI is InChI=1S/C33H43N3O4S/c1-8-27(7)34-33(38)31(9-2)35(21-28-13-11-10-12-25(28)5)32(37)22-36(29-17-16-24(4)26(6)20-29)41(39,40)30-18-14-23(3)15-19-30/h10-20,27,31H,8-9,21-22H2,1-7H3,(H,34,38)/t27-,31-/m1/s1. The molecule has 0 aliphatic carbocycles. The number of hydrogen-bond donors (Lipinski definition) is 1. The second kappa shape index (κ2) is 13.8. The highest BCUT2D eigenvalue weighted by Crippen LogP contribution is 2.27. The zero-order valence-corrected chi connectivity index (χ0v) is 26.1. The smallest absolute Gasteiger partial charge is 0.264 e. The van der Waals surface area contributed by atoms with Gasteiger partial charge in [0.05, 0.1) is 10.6 Å². The third-order valence-electron chi connectivity index (χ3n) is 7.66. The molecule has 0 aliphatic heterocycles. The number of nitrogens with zero attached hydrogens (tertiary/aromatic N) is 2. The molecule has 0 bridgehead atoms. The molecule has 0 aliphatic rings. The van der Waals surface area contributed by atoms with Crippen molar-refractivity contribution < 1.29 is 18.0 Å². The van der Waals surface area contributed by atoms with Crippen molar-refractivity contribution in [1.82, 2.24) is 10.2 Å². The van der Waals surface area contributed by atoms with Crippen LogP contribution < -0.4 is 9.62 Å². The second-order valence-corrected chi connectivity index (χ2v) is 12.6. The van der Waals surface area contributed by atoms with Gasteiger partial charge < -0.3 is 10.2 Å². The minimum absolute atomic E-state index is 0.0547. The van der Waals surface area contributed by atoms with Crippen LogP contribution in [0, 0.1) is 27.7 Å². The molecule has 0 saturated heterocycles. The summed E-state index contributed by atoms with van der Waals surface area (Å²) in [4.78, 5) is 29.3. The van der Waals surface area contributed by atoms with E-state index in [1.807, 2.05) is 78.8 Å². The molecular formula is C33H43N3O4S. The number of hydrogen-bond acceptors (Lipinski definition) is 4. The molecule has 2 amide bonds. The number of carbonyl (C=O) groups is 2. The Bertz CT molecular complexity index is 1470. The number of amides is 2. The van der Waals surface area contributed by atoms with E-state index in [-0.39, 0.29) is 23.4 Å². The lowest BCUT2D eigenvalue weighted by Crippen LogP contribution is -2.53. The van der Waals surface area contributed by atoms with Crippen LogP contribution in [0.3, 0.4) is 0 Å². The van der Waals surface area contributed by atoms with E-state index in [9.17, 15) is 18.0 Å². The summed E-state index contributed by atoms with van der Waals surface area (Å²) in [5.74, 6) is -0.698. The van der Waals surface area contributed by atoms with Gasteiger partial charge in [-0.1, -0.05) is 61.9 Å². The SMILES string of the molecule is CC[C@@H](C)NC(=O)[C@@H](CC)N(Cc1ccccc1C)C(=O)CN(c1ccc(C)c(C)c1)S(=O)(=O)c1ccc(C)cc1. The van der Waals surface area contributed by atoms with Crippen LogP contribution in [0.5, 0.6) is 0 Å². The predicted molar refractivity (Wildman–Crippen MR) is 165 cm³/mol.